The van der Waals surface area contributed by atoms with Gasteiger partial charge in [-0.15, -0.1) is 5.26 Å². The van der Waals surface area contributed by atoms with Gasteiger partial charge in [-0.3, -0.25) is 0 Å². The highest BCUT2D eigenvalue weighted by atomic mass is 16.5. The first-order chi connectivity index (χ1) is 9.20. The van der Waals surface area contributed by atoms with Crippen molar-refractivity contribution in [3.05, 3.63) is 42.0 Å². The van der Waals surface area contributed by atoms with Gasteiger partial charge in [-0.1, -0.05) is 18.2 Å². The maximum Gasteiger partial charge on any atom is 0.339 e. The second-order valence-corrected chi connectivity index (χ2v) is 4.06. The summed E-state index contributed by atoms with van der Waals surface area (Å²) < 4.78 is 4.74. The van der Waals surface area contributed by atoms with E-state index in [2.05, 4.69) is 4.98 Å². The lowest BCUT2D eigenvalue weighted by molar-refractivity contribution is 0.0694. The fourth-order valence-electron chi connectivity index (χ4n) is 2.18. The Morgan fingerprint density at radius 3 is 2.74 bits per heavy atom. The monoisotopic (exact) mass is 252 g/mol. The largest absolute Gasteiger partial charge is 0.478 e. The summed E-state index contributed by atoms with van der Waals surface area (Å²) in [6.07, 6.45) is 1.51. The third-order valence-corrected chi connectivity index (χ3v) is 2.99. The van der Waals surface area contributed by atoms with Crippen LogP contribution in [-0.4, -0.2) is 16.1 Å². The molecule has 0 bridgehead atoms. The molecule has 0 aliphatic carbocycles. The van der Waals surface area contributed by atoms with Crippen molar-refractivity contribution in [2.75, 3.05) is 0 Å². The fraction of sp³-hybridized carbons (Fsp3) is 0. The number of aromatic carboxylic acids is 1. The number of hydrogen-bond acceptors (Lipinski definition) is 3. The number of fused-ring (bicyclic) bond motifs is 3. The molecule has 0 radical (unpaired) electrons. The van der Waals surface area contributed by atoms with Gasteiger partial charge >= 0.3 is 5.97 Å². The molecule has 0 aliphatic heterocycles. The third kappa shape index (κ3) is 1.67. The first-order valence-electron chi connectivity index (χ1n) is 5.54. The van der Waals surface area contributed by atoms with Crippen LogP contribution in [0.2, 0.25) is 0 Å². The van der Waals surface area contributed by atoms with E-state index >= 15 is 0 Å². The van der Waals surface area contributed by atoms with Crippen LogP contribution in [-0.2, 0) is 0 Å². The second kappa shape index (κ2) is 4.03. The number of carbonyl (C=O) groups is 1. The molecule has 0 aliphatic rings. The van der Waals surface area contributed by atoms with Crippen LogP contribution in [0.1, 0.15) is 10.4 Å². The van der Waals surface area contributed by atoms with Crippen molar-refractivity contribution in [1.82, 2.24) is 4.98 Å². The van der Waals surface area contributed by atoms with Crippen LogP contribution in [0.5, 0.6) is 5.75 Å². The Morgan fingerprint density at radius 1 is 1.21 bits per heavy atom. The Balaban J connectivity index is 2.40. The molecule has 0 fully saturated rings. The molecule has 5 nitrogen and oxygen atoms in total. The smallest absolute Gasteiger partial charge is 0.339 e. The van der Waals surface area contributed by atoms with Crippen molar-refractivity contribution in [3.63, 3.8) is 0 Å². The van der Waals surface area contributed by atoms with Gasteiger partial charge in [-0.25, -0.2) is 4.79 Å². The fourth-order valence-corrected chi connectivity index (χ4v) is 2.18. The predicted molar refractivity (Wildman–Crippen MR) is 69.0 cm³/mol. The van der Waals surface area contributed by atoms with E-state index in [4.69, 9.17) is 15.1 Å². The highest BCUT2D eigenvalue weighted by Crippen LogP contribution is 2.31. The molecular weight excluding hydrogens is 244 g/mol. The quantitative estimate of drug-likeness (QED) is 0.686. The summed E-state index contributed by atoms with van der Waals surface area (Å²) in [5, 5.41) is 19.5. The number of rotatable bonds is 2. The number of hydrogen-bond donors (Lipinski definition) is 2. The first kappa shape index (κ1) is 11.1. The van der Waals surface area contributed by atoms with E-state index < -0.39 is 5.97 Å². The lowest BCUT2D eigenvalue weighted by Crippen LogP contribution is -1.99. The van der Waals surface area contributed by atoms with Gasteiger partial charge in [0.15, 0.2) is 5.75 Å². The lowest BCUT2D eigenvalue weighted by Gasteiger charge is -2.02. The minimum absolute atomic E-state index is 0.0411. The van der Waals surface area contributed by atoms with Crippen LogP contribution in [0.25, 0.3) is 21.8 Å². The average molecular weight is 252 g/mol. The van der Waals surface area contributed by atoms with Crippen LogP contribution in [0.3, 0.4) is 0 Å². The van der Waals surface area contributed by atoms with Crippen molar-refractivity contribution < 1.29 is 14.6 Å². The third-order valence-electron chi connectivity index (χ3n) is 2.99. The van der Waals surface area contributed by atoms with E-state index in [1.54, 1.807) is 6.07 Å². The van der Waals surface area contributed by atoms with Crippen molar-refractivity contribution in [2.24, 2.45) is 0 Å². The van der Waals surface area contributed by atoms with Gasteiger partial charge in [-0.2, -0.15) is 0 Å². The summed E-state index contributed by atoms with van der Waals surface area (Å²) in [5.74, 6) is -1.09. The number of H-pyrrole nitrogens is 1. The Bertz CT molecular complexity index is 843. The number of carboxylic acid groups (broad SMARTS) is 1. The van der Waals surface area contributed by atoms with Gasteiger partial charge in [0.25, 0.3) is 6.26 Å². The maximum atomic E-state index is 11.2. The Labute approximate surface area is 107 Å². The molecular formula is C14H8N2O3. The summed E-state index contributed by atoms with van der Waals surface area (Å²) in [6.45, 7) is 0. The van der Waals surface area contributed by atoms with Gasteiger partial charge in [0.2, 0.25) is 0 Å². The van der Waals surface area contributed by atoms with E-state index in [1.807, 2.05) is 24.3 Å². The van der Waals surface area contributed by atoms with E-state index in [1.165, 1.54) is 12.3 Å². The zero-order valence-electron chi connectivity index (χ0n) is 9.68. The number of aromatic amines is 1. The topological polar surface area (TPSA) is 86.1 Å². The maximum absolute atomic E-state index is 11.2. The van der Waals surface area contributed by atoms with Gasteiger partial charge in [-0.05, 0) is 18.2 Å². The highest BCUT2D eigenvalue weighted by Gasteiger charge is 2.15. The number of benzene rings is 2. The number of nitriles is 1. The molecule has 1 heterocycles. The second-order valence-electron chi connectivity index (χ2n) is 4.06. The number of para-hydroxylation sites is 1. The zero-order chi connectivity index (χ0) is 13.4. The molecule has 2 N–H and O–H groups in total. The summed E-state index contributed by atoms with van der Waals surface area (Å²) in [4.78, 5) is 14.3. The minimum Gasteiger partial charge on any atom is -0.478 e. The molecule has 1 aromatic heterocycles. The van der Waals surface area contributed by atoms with Crippen LogP contribution in [0, 0.1) is 11.5 Å². The molecule has 0 unspecified atom stereocenters. The standard InChI is InChI=1S/C14H8N2O3/c15-7-19-13-6-9-8-3-1-2-4-11(8)16-12(9)5-10(13)14(17)18/h1-6,16H,(H,17,18). The molecule has 0 saturated heterocycles. The van der Waals surface area contributed by atoms with Crippen LogP contribution in [0.15, 0.2) is 36.4 Å². The Hall–Kier alpha value is -3.00. The van der Waals surface area contributed by atoms with Gasteiger partial charge in [0.1, 0.15) is 5.56 Å². The summed E-state index contributed by atoms with van der Waals surface area (Å²) in [7, 11) is 0. The van der Waals surface area contributed by atoms with Crippen LogP contribution >= 0.6 is 0 Å². The van der Waals surface area contributed by atoms with Gasteiger partial charge < -0.3 is 14.8 Å². The van der Waals surface area contributed by atoms with Crippen molar-refractivity contribution in [2.45, 2.75) is 0 Å². The van der Waals surface area contributed by atoms with Crippen LogP contribution < -0.4 is 4.74 Å². The Morgan fingerprint density at radius 2 is 2.00 bits per heavy atom. The predicted octanol–water partition coefficient (Wildman–Crippen LogP) is 2.88. The number of ether oxygens (including phenoxy) is 1. The minimum atomic E-state index is -1.13. The molecule has 92 valence electrons. The van der Waals surface area contributed by atoms with Crippen molar-refractivity contribution in [3.8, 4) is 12.0 Å². The average Bonchev–Trinajstić information content (AvgIpc) is 2.76. The van der Waals surface area contributed by atoms with E-state index in [0.717, 1.165) is 16.3 Å². The van der Waals surface area contributed by atoms with Gasteiger partial charge in [0.05, 0.1) is 0 Å². The first-order valence-corrected chi connectivity index (χ1v) is 5.54. The van der Waals surface area contributed by atoms with Crippen molar-refractivity contribution >= 4 is 27.8 Å². The number of aromatic nitrogens is 1. The highest BCUT2D eigenvalue weighted by molar-refractivity contribution is 6.10. The van der Waals surface area contributed by atoms with Gasteiger partial charge in [0, 0.05) is 21.8 Å². The lowest BCUT2D eigenvalue weighted by atomic mass is 10.1. The molecule has 3 rings (SSSR count). The summed E-state index contributed by atoms with van der Waals surface area (Å²) in [6, 6.07) is 10.7. The molecule has 19 heavy (non-hydrogen) atoms. The normalized spacial score (nSPS) is 10.5. The molecule has 2 aromatic carbocycles. The molecule has 3 aromatic rings. The molecule has 0 atom stereocenters. The molecule has 0 saturated carbocycles. The van der Waals surface area contributed by atoms with Crippen molar-refractivity contribution in [1.29, 1.82) is 5.26 Å². The number of nitrogens with zero attached hydrogens (tertiary/aromatic N) is 1. The van der Waals surface area contributed by atoms with E-state index in [0.29, 0.717) is 5.52 Å². The van der Waals surface area contributed by atoms with E-state index in [-0.39, 0.29) is 11.3 Å². The number of nitrogens with one attached hydrogen (secondary N) is 1. The summed E-state index contributed by atoms with van der Waals surface area (Å²) >= 11 is 0. The van der Waals surface area contributed by atoms with Crippen LogP contribution in [0.4, 0.5) is 0 Å². The summed E-state index contributed by atoms with van der Waals surface area (Å²) in [5.41, 5.74) is 1.56. The number of carboxylic acids is 1. The SMILES string of the molecule is N#COc1cc2c(cc1C(=O)O)[nH]c1ccccc12. The molecule has 5 heteroatoms. The Kier molecular flexibility index (Phi) is 2.36. The molecule has 0 amide bonds. The van der Waals surface area contributed by atoms with E-state index in [9.17, 15) is 4.79 Å². The zero-order valence-corrected chi connectivity index (χ0v) is 9.68. The molecule has 0 spiro atoms.